The van der Waals surface area contributed by atoms with E-state index in [0.717, 1.165) is 0 Å². The van der Waals surface area contributed by atoms with Crippen LogP contribution in [0.5, 0.6) is 0 Å². The van der Waals surface area contributed by atoms with Crippen LogP contribution in [-0.4, -0.2) is 26.5 Å². The lowest BCUT2D eigenvalue weighted by atomic mass is 9.98. The molecule has 0 saturated heterocycles. The normalized spacial score (nSPS) is 13.6. The Bertz CT molecular complexity index is 440. The maximum Gasteiger partial charge on any atom is 0.282 e. The lowest BCUT2D eigenvalue weighted by Gasteiger charge is -2.30. The van der Waals surface area contributed by atoms with Gasteiger partial charge in [0.1, 0.15) is 4.47 Å². The quantitative estimate of drug-likeness (QED) is 0.875. The molecule has 0 bridgehead atoms. The maximum absolute atomic E-state index is 11.6. The third-order valence-corrected chi connectivity index (χ3v) is 3.35. The van der Waals surface area contributed by atoms with Crippen LogP contribution < -0.4 is 10.9 Å². The Morgan fingerprint density at radius 1 is 1.62 bits per heavy atom. The minimum absolute atomic E-state index is 0.216. The number of aliphatic hydroxyl groups is 1. The molecule has 1 rings (SSSR count). The predicted molar refractivity (Wildman–Crippen MR) is 66.6 cm³/mol. The van der Waals surface area contributed by atoms with E-state index in [9.17, 15) is 9.90 Å². The van der Waals surface area contributed by atoms with Crippen LogP contribution in [0, 0.1) is 0 Å². The van der Waals surface area contributed by atoms with Gasteiger partial charge in [0.15, 0.2) is 0 Å². The van der Waals surface area contributed by atoms with Crippen LogP contribution in [0.25, 0.3) is 0 Å². The topological polar surface area (TPSA) is 67.2 Å². The molecule has 0 aliphatic heterocycles. The largest absolute Gasteiger partial charge is 0.391 e. The van der Waals surface area contributed by atoms with E-state index in [0.29, 0.717) is 10.2 Å². The second-order valence-corrected chi connectivity index (χ2v) is 5.12. The summed E-state index contributed by atoms with van der Waals surface area (Å²) in [5.41, 5.74) is -0.170. The Kier molecular flexibility index (Phi) is 3.75. The van der Waals surface area contributed by atoms with Crippen LogP contribution >= 0.6 is 15.9 Å². The van der Waals surface area contributed by atoms with Crippen molar-refractivity contribution in [1.29, 1.82) is 0 Å². The van der Waals surface area contributed by atoms with E-state index in [1.807, 2.05) is 13.8 Å². The third-order valence-electron chi connectivity index (χ3n) is 2.58. The Labute approximate surface area is 103 Å². The van der Waals surface area contributed by atoms with E-state index < -0.39 is 11.6 Å². The first kappa shape index (κ1) is 13.2. The molecule has 1 heterocycles. The van der Waals surface area contributed by atoms with Gasteiger partial charge in [-0.1, -0.05) is 0 Å². The molecule has 0 amide bonds. The number of hydrogen-bond donors (Lipinski definition) is 2. The number of rotatable bonds is 3. The molecule has 0 radical (unpaired) electrons. The number of aryl methyl sites for hydroxylation is 1. The van der Waals surface area contributed by atoms with Crippen molar-refractivity contribution in [2.75, 3.05) is 5.32 Å². The van der Waals surface area contributed by atoms with Crippen LogP contribution in [-0.2, 0) is 7.05 Å². The second-order valence-electron chi connectivity index (χ2n) is 4.32. The van der Waals surface area contributed by atoms with Crippen LogP contribution in [0.1, 0.15) is 20.8 Å². The van der Waals surface area contributed by atoms with Crippen molar-refractivity contribution in [3.8, 4) is 0 Å². The second kappa shape index (κ2) is 4.55. The highest BCUT2D eigenvalue weighted by Crippen LogP contribution is 2.22. The maximum atomic E-state index is 11.6. The van der Waals surface area contributed by atoms with Gasteiger partial charge in [0.05, 0.1) is 23.5 Å². The van der Waals surface area contributed by atoms with Crippen molar-refractivity contribution in [3.05, 3.63) is 21.0 Å². The first-order valence-electron chi connectivity index (χ1n) is 4.94. The summed E-state index contributed by atoms with van der Waals surface area (Å²) in [5, 5.41) is 16.6. The average molecular weight is 290 g/mol. The van der Waals surface area contributed by atoms with Crippen molar-refractivity contribution >= 4 is 21.6 Å². The molecule has 5 nitrogen and oxygen atoms in total. The number of hydrogen-bond acceptors (Lipinski definition) is 4. The van der Waals surface area contributed by atoms with E-state index in [1.54, 1.807) is 20.2 Å². The molecule has 1 atom stereocenters. The van der Waals surface area contributed by atoms with Gasteiger partial charge in [-0.3, -0.25) is 4.79 Å². The number of aliphatic hydroxyl groups excluding tert-OH is 1. The number of nitrogens with one attached hydrogen (secondary N) is 1. The van der Waals surface area contributed by atoms with E-state index in [4.69, 9.17) is 0 Å². The van der Waals surface area contributed by atoms with Crippen molar-refractivity contribution in [2.24, 2.45) is 7.05 Å². The Morgan fingerprint density at radius 2 is 2.19 bits per heavy atom. The van der Waals surface area contributed by atoms with Gasteiger partial charge >= 0.3 is 0 Å². The molecule has 6 heteroatoms. The van der Waals surface area contributed by atoms with Gasteiger partial charge < -0.3 is 10.4 Å². The summed E-state index contributed by atoms with van der Waals surface area (Å²) in [5.74, 6) is 0. The lowest BCUT2D eigenvalue weighted by Crippen LogP contribution is -2.42. The summed E-state index contributed by atoms with van der Waals surface area (Å²) in [6, 6.07) is 0. The smallest absolute Gasteiger partial charge is 0.282 e. The number of aromatic nitrogens is 2. The standard InChI is InChI=1S/C10H16BrN3O2/c1-6(15)10(2,3)13-7-5-12-14(4)9(16)8(7)11/h5-6,13,15H,1-4H3. The fourth-order valence-electron chi connectivity index (χ4n) is 1.05. The molecule has 16 heavy (non-hydrogen) atoms. The zero-order chi connectivity index (χ0) is 12.5. The number of nitrogens with zero attached hydrogens (tertiary/aromatic N) is 2. The molecule has 1 aromatic rings. The van der Waals surface area contributed by atoms with Crippen LogP contribution in [0.4, 0.5) is 5.69 Å². The van der Waals surface area contributed by atoms with Crippen molar-refractivity contribution in [1.82, 2.24) is 9.78 Å². The summed E-state index contributed by atoms with van der Waals surface area (Å²) in [7, 11) is 1.58. The zero-order valence-corrected chi connectivity index (χ0v) is 11.4. The molecule has 0 spiro atoms. The predicted octanol–water partition coefficient (Wildman–Crippen LogP) is 1.11. The highest BCUT2D eigenvalue weighted by Gasteiger charge is 2.25. The minimum Gasteiger partial charge on any atom is -0.391 e. The molecule has 0 fully saturated rings. The van der Waals surface area contributed by atoms with Gasteiger partial charge in [-0.2, -0.15) is 5.10 Å². The molecule has 1 unspecified atom stereocenters. The number of anilines is 1. The van der Waals surface area contributed by atoms with E-state index in [2.05, 4.69) is 26.3 Å². The Hall–Kier alpha value is -0.880. The Morgan fingerprint density at radius 3 is 2.69 bits per heavy atom. The molecule has 2 N–H and O–H groups in total. The summed E-state index contributed by atoms with van der Waals surface area (Å²) < 4.78 is 1.66. The minimum atomic E-state index is -0.552. The molecular weight excluding hydrogens is 274 g/mol. The van der Waals surface area contributed by atoms with Crippen molar-refractivity contribution in [3.63, 3.8) is 0 Å². The molecule has 0 saturated carbocycles. The van der Waals surface area contributed by atoms with Crippen molar-refractivity contribution in [2.45, 2.75) is 32.4 Å². The monoisotopic (exact) mass is 289 g/mol. The molecule has 0 aliphatic carbocycles. The van der Waals surface area contributed by atoms with Gasteiger partial charge in [0, 0.05) is 7.05 Å². The van der Waals surface area contributed by atoms with Gasteiger partial charge in [0.25, 0.3) is 5.56 Å². The van der Waals surface area contributed by atoms with E-state index in [1.165, 1.54) is 4.68 Å². The molecule has 1 aromatic heterocycles. The first-order valence-corrected chi connectivity index (χ1v) is 5.73. The zero-order valence-electron chi connectivity index (χ0n) is 9.78. The van der Waals surface area contributed by atoms with Gasteiger partial charge in [-0.15, -0.1) is 0 Å². The fourth-order valence-corrected chi connectivity index (χ4v) is 1.51. The van der Waals surface area contributed by atoms with Crippen molar-refractivity contribution < 1.29 is 5.11 Å². The molecule has 0 aliphatic rings. The van der Waals surface area contributed by atoms with Gasteiger partial charge in [0.2, 0.25) is 0 Å². The summed E-state index contributed by atoms with van der Waals surface area (Å²) in [6.45, 7) is 5.39. The van der Waals surface area contributed by atoms with Crippen LogP contribution in [0.3, 0.4) is 0 Å². The number of halogens is 1. The Balaban J connectivity index is 3.09. The molecule has 90 valence electrons. The van der Waals surface area contributed by atoms with Gasteiger partial charge in [-0.25, -0.2) is 4.68 Å². The molecular formula is C10H16BrN3O2. The van der Waals surface area contributed by atoms with Crippen LogP contribution in [0.2, 0.25) is 0 Å². The van der Waals surface area contributed by atoms with E-state index in [-0.39, 0.29) is 5.56 Å². The lowest BCUT2D eigenvalue weighted by molar-refractivity contribution is 0.133. The summed E-state index contributed by atoms with van der Waals surface area (Å²) >= 11 is 3.22. The molecule has 0 aromatic carbocycles. The fraction of sp³-hybridized carbons (Fsp3) is 0.600. The summed E-state index contributed by atoms with van der Waals surface area (Å²) in [4.78, 5) is 11.6. The van der Waals surface area contributed by atoms with E-state index >= 15 is 0 Å². The highest BCUT2D eigenvalue weighted by atomic mass is 79.9. The van der Waals surface area contributed by atoms with Gasteiger partial charge in [-0.05, 0) is 36.7 Å². The SMILES string of the molecule is CC(O)C(C)(C)Nc1cnn(C)c(=O)c1Br. The average Bonchev–Trinajstić information content (AvgIpc) is 2.19. The summed E-state index contributed by atoms with van der Waals surface area (Å²) in [6.07, 6.45) is 0.999. The highest BCUT2D eigenvalue weighted by molar-refractivity contribution is 9.10. The third kappa shape index (κ3) is 2.62. The van der Waals surface area contributed by atoms with Crippen LogP contribution in [0.15, 0.2) is 15.5 Å². The first-order chi connectivity index (χ1) is 7.25.